The molecule has 7 nitrogen and oxygen atoms in total. The molecule has 1 atom stereocenters. The number of rotatable bonds is 4. The fraction of sp³-hybridized carbons (Fsp3) is 0.526. The minimum Gasteiger partial charge on any atom is -0.481 e. The fourth-order valence-electron chi connectivity index (χ4n) is 3.95. The lowest BCUT2D eigenvalue weighted by Crippen LogP contribution is -2.56. The molecule has 2 aliphatic heterocycles. The van der Waals surface area contributed by atoms with Crippen molar-refractivity contribution in [3.05, 3.63) is 29.8 Å². The minimum absolute atomic E-state index is 0.0293. The van der Waals surface area contributed by atoms with Crippen LogP contribution in [0.3, 0.4) is 0 Å². The Balaban J connectivity index is 1.60. The van der Waals surface area contributed by atoms with Gasteiger partial charge < -0.3 is 20.2 Å². The van der Waals surface area contributed by atoms with E-state index in [9.17, 15) is 19.5 Å². The molecule has 0 bridgehead atoms. The van der Waals surface area contributed by atoms with E-state index in [2.05, 4.69) is 5.32 Å². The maximum Gasteiger partial charge on any atom is 0.309 e. The number of carboxylic acids is 1. The van der Waals surface area contributed by atoms with Gasteiger partial charge in [0.15, 0.2) is 0 Å². The topological polar surface area (TPSA) is 90.0 Å². The van der Waals surface area contributed by atoms with Crippen LogP contribution in [0.4, 0.5) is 5.69 Å². The minimum atomic E-state index is -0.941. The third-order valence-electron chi connectivity index (χ3n) is 5.56. The summed E-state index contributed by atoms with van der Waals surface area (Å²) < 4.78 is 0. The number of piperidine rings is 1. The number of nitrogens with zero attached hydrogens (tertiary/aromatic N) is 2. The summed E-state index contributed by atoms with van der Waals surface area (Å²) in [6.45, 7) is 0.942. The molecule has 7 heteroatoms. The molecule has 1 spiro atoms. The molecule has 0 aliphatic carbocycles. The van der Waals surface area contributed by atoms with Crippen LogP contribution in [0.25, 0.3) is 0 Å². The molecule has 26 heavy (non-hydrogen) atoms. The molecule has 2 aliphatic rings. The first-order valence-electron chi connectivity index (χ1n) is 8.88. The van der Waals surface area contributed by atoms with Crippen LogP contribution in [-0.2, 0) is 20.8 Å². The molecular formula is C19H25N3O4. The number of likely N-dealkylation sites (tertiary alicyclic amines) is 1. The van der Waals surface area contributed by atoms with Crippen LogP contribution < -0.4 is 10.2 Å². The number of carbonyl (C=O) groups excluding carboxylic acids is 2. The molecule has 0 radical (unpaired) electrons. The lowest BCUT2D eigenvalue weighted by Gasteiger charge is -2.41. The first-order chi connectivity index (χ1) is 12.3. The maximum absolute atomic E-state index is 12.6. The van der Waals surface area contributed by atoms with E-state index in [0.717, 1.165) is 11.3 Å². The molecule has 2 fully saturated rings. The van der Waals surface area contributed by atoms with E-state index in [4.69, 9.17) is 0 Å². The first-order valence-corrected chi connectivity index (χ1v) is 8.88. The Labute approximate surface area is 153 Å². The van der Waals surface area contributed by atoms with Crippen molar-refractivity contribution in [3.8, 4) is 0 Å². The van der Waals surface area contributed by atoms with E-state index in [0.29, 0.717) is 32.4 Å². The molecule has 0 aromatic heterocycles. The molecule has 1 aromatic rings. The summed E-state index contributed by atoms with van der Waals surface area (Å²) in [4.78, 5) is 39.5. The highest BCUT2D eigenvalue weighted by Crippen LogP contribution is 2.37. The monoisotopic (exact) mass is 359 g/mol. The zero-order valence-corrected chi connectivity index (χ0v) is 15.2. The van der Waals surface area contributed by atoms with E-state index in [-0.39, 0.29) is 18.2 Å². The Hall–Kier alpha value is -2.57. The fourth-order valence-corrected chi connectivity index (χ4v) is 3.95. The van der Waals surface area contributed by atoms with Crippen molar-refractivity contribution in [1.82, 2.24) is 10.2 Å². The second-order valence-corrected chi connectivity index (χ2v) is 7.42. The number of hydrogen-bond donors (Lipinski definition) is 2. The summed E-state index contributed by atoms with van der Waals surface area (Å²) in [6.07, 6.45) is 1.33. The quantitative estimate of drug-likeness (QED) is 0.833. The van der Waals surface area contributed by atoms with Crippen molar-refractivity contribution < 1.29 is 19.5 Å². The maximum atomic E-state index is 12.6. The summed E-state index contributed by atoms with van der Waals surface area (Å²) in [5, 5.41) is 12.3. The molecule has 2 N–H and O–H groups in total. The molecule has 140 valence electrons. The highest BCUT2D eigenvalue weighted by molar-refractivity contribution is 5.88. The number of carbonyl (C=O) groups is 3. The Kier molecular flexibility index (Phi) is 4.89. The van der Waals surface area contributed by atoms with Crippen LogP contribution in [0, 0.1) is 5.92 Å². The van der Waals surface area contributed by atoms with Crippen LogP contribution in [0.1, 0.15) is 24.8 Å². The van der Waals surface area contributed by atoms with Gasteiger partial charge in [0.1, 0.15) is 0 Å². The summed E-state index contributed by atoms with van der Waals surface area (Å²) >= 11 is 0. The molecule has 3 rings (SSSR count). The van der Waals surface area contributed by atoms with Gasteiger partial charge in [-0.25, -0.2) is 0 Å². The molecule has 2 heterocycles. The number of anilines is 1. The van der Waals surface area contributed by atoms with Gasteiger partial charge in [-0.3, -0.25) is 14.4 Å². The van der Waals surface area contributed by atoms with Crippen LogP contribution in [0.5, 0.6) is 0 Å². The van der Waals surface area contributed by atoms with E-state index >= 15 is 0 Å². The normalized spacial score (nSPS) is 21.5. The predicted molar refractivity (Wildman–Crippen MR) is 96.9 cm³/mol. The number of carboxylic acid groups (broad SMARTS) is 1. The first kappa shape index (κ1) is 18.2. The third-order valence-corrected chi connectivity index (χ3v) is 5.56. The summed E-state index contributed by atoms with van der Waals surface area (Å²) in [7, 11) is 3.94. The van der Waals surface area contributed by atoms with Gasteiger partial charge in [-0.1, -0.05) is 12.1 Å². The van der Waals surface area contributed by atoms with Gasteiger partial charge in [0, 0.05) is 39.3 Å². The van der Waals surface area contributed by atoms with Crippen LogP contribution in [0.2, 0.25) is 0 Å². The second-order valence-electron chi connectivity index (χ2n) is 7.42. The zero-order valence-electron chi connectivity index (χ0n) is 15.2. The van der Waals surface area contributed by atoms with E-state index in [1.54, 1.807) is 4.90 Å². The summed E-state index contributed by atoms with van der Waals surface area (Å²) in [6, 6.07) is 7.88. The van der Waals surface area contributed by atoms with E-state index in [1.165, 1.54) is 0 Å². The van der Waals surface area contributed by atoms with E-state index in [1.807, 2.05) is 43.3 Å². The van der Waals surface area contributed by atoms with Crippen molar-refractivity contribution >= 4 is 23.5 Å². The van der Waals surface area contributed by atoms with Crippen molar-refractivity contribution in [2.75, 3.05) is 32.1 Å². The molecular weight excluding hydrogens is 334 g/mol. The van der Waals surface area contributed by atoms with Gasteiger partial charge in [0.25, 0.3) is 0 Å². The Bertz CT molecular complexity index is 706. The summed E-state index contributed by atoms with van der Waals surface area (Å²) in [5.74, 6) is -1.82. The molecule has 1 unspecified atom stereocenters. The van der Waals surface area contributed by atoms with Gasteiger partial charge in [0.2, 0.25) is 11.8 Å². The second kappa shape index (κ2) is 6.97. The average molecular weight is 359 g/mol. The van der Waals surface area contributed by atoms with E-state index < -0.39 is 17.4 Å². The van der Waals surface area contributed by atoms with Crippen LogP contribution >= 0.6 is 0 Å². The molecule has 0 saturated carbocycles. The Morgan fingerprint density at radius 1 is 1.23 bits per heavy atom. The van der Waals surface area contributed by atoms with Crippen LogP contribution in [0.15, 0.2) is 24.3 Å². The average Bonchev–Trinajstić information content (AvgIpc) is 2.92. The highest BCUT2D eigenvalue weighted by atomic mass is 16.4. The van der Waals surface area contributed by atoms with Gasteiger partial charge >= 0.3 is 5.97 Å². The predicted octanol–water partition coefficient (Wildman–Crippen LogP) is 0.877. The Morgan fingerprint density at radius 3 is 2.38 bits per heavy atom. The smallest absolute Gasteiger partial charge is 0.309 e. The van der Waals surface area contributed by atoms with Crippen molar-refractivity contribution in [1.29, 1.82) is 0 Å². The number of nitrogens with one attached hydrogen (secondary N) is 1. The molecule has 2 saturated heterocycles. The van der Waals surface area contributed by atoms with Crippen molar-refractivity contribution in [2.45, 2.75) is 31.2 Å². The van der Waals surface area contributed by atoms with Crippen LogP contribution in [-0.4, -0.2) is 60.5 Å². The van der Waals surface area contributed by atoms with Crippen molar-refractivity contribution in [2.24, 2.45) is 5.92 Å². The lowest BCUT2D eigenvalue weighted by molar-refractivity contribution is -0.145. The lowest BCUT2D eigenvalue weighted by atomic mass is 9.77. The number of aliphatic carboxylic acids is 1. The Morgan fingerprint density at radius 2 is 1.85 bits per heavy atom. The number of amides is 2. The zero-order chi connectivity index (χ0) is 18.9. The van der Waals surface area contributed by atoms with Gasteiger partial charge in [-0.15, -0.1) is 0 Å². The SMILES string of the molecule is CN(C)c1ccc(CC(=O)N2CCC3(CC2)NC(=O)CC3C(=O)O)cc1. The largest absolute Gasteiger partial charge is 0.481 e. The highest BCUT2D eigenvalue weighted by Gasteiger charge is 2.51. The number of hydrogen-bond acceptors (Lipinski definition) is 4. The van der Waals surface area contributed by atoms with Gasteiger partial charge in [-0.2, -0.15) is 0 Å². The van der Waals surface area contributed by atoms with Crippen molar-refractivity contribution in [3.63, 3.8) is 0 Å². The van der Waals surface area contributed by atoms with Gasteiger partial charge in [-0.05, 0) is 30.5 Å². The molecule has 1 aromatic carbocycles. The number of benzene rings is 1. The molecule has 2 amide bonds. The summed E-state index contributed by atoms with van der Waals surface area (Å²) in [5.41, 5.74) is 1.34. The van der Waals surface area contributed by atoms with Gasteiger partial charge in [0.05, 0.1) is 17.9 Å². The standard InChI is InChI=1S/C19H25N3O4/c1-21(2)14-5-3-13(4-6-14)11-17(24)22-9-7-19(8-10-22)15(18(25)26)12-16(23)20-19/h3-6,15H,7-12H2,1-2H3,(H,20,23)(H,25,26). The third kappa shape index (κ3) is 3.52.